The number of carbonyl (C=O) groups excluding carboxylic acids is 1. The van der Waals surface area contributed by atoms with E-state index in [0.29, 0.717) is 18.6 Å². The first-order valence-corrected chi connectivity index (χ1v) is 8.08. The second kappa shape index (κ2) is 6.06. The second-order valence-corrected chi connectivity index (χ2v) is 6.29. The van der Waals surface area contributed by atoms with Gasteiger partial charge in [-0.05, 0) is 57.4 Å². The van der Waals surface area contributed by atoms with Crippen LogP contribution in [0.3, 0.4) is 0 Å². The largest absolute Gasteiger partial charge is 0.381 e. The first kappa shape index (κ1) is 14.4. The van der Waals surface area contributed by atoms with Gasteiger partial charge in [-0.25, -0.2) is 0 Å². The number of nitrogens with one attached hydrogen (secondary N) is 2. The number of carbonyl (C=O) groups is 1. The Morgan fingerprint density at radius 2 is 2.00 bits per heavy atom. The minimum Gasteiger partial charge on any atom is -0.381 e. The molecule has 1 amide bonds. The first-order valence-electron chi connectivity index (χ1n) is 8.08. The number of nitrogens with zero attached hydrogens (tertiary/aromatic N) is 1. The van der Waals surface area contributed by atoms with Gasteiger partial charge < -0.3 is 10.6 Å². The van der Waals surface area contributed by atoms with Crippen molar-refractivity contribution >= 4 is 11.6 Å². The fourth-order valence-electron chi connectivity index (χ4n) is 3.29. The Bertz CT molecular complexity index is 495. The smallest absolute Gasteiger partial charge is 0.251 e. The first-order chi connectivity index (χ1) is 10.2. The Morgan fingerprint density at radius 1 is 1.29 bits per heavy atom. The average Bonchev–Trinajstić information content (AvgIpc) is 3.24. The van der Waals surface area contributed by atoms with Crippen molar-refractivity contribution in [2.24, 2.45) is 0 Å². The van der Waals surface area contributed by atoms with Crippen LogP contribution in [0.25, 0.3) is 0 Å². The average molecular weight is 287 g/mol. The highest BCUT2D eigenvalue weighted by atomic mass is 16.1. The highest BCUT2D eigenvalue weighted by molar-refractivity contribution is 5.94. The van der Waals surface area contributed by atoms with E-state index in [9.17, 15) is 4.79 Å². The van der Waals surface area contributed by atoms with Gasteiger partial charge in [0.2, 0.25) is 0 Å². The zero-order valence-corrected chi connectivity index (χ0v) is 12.9. The third kappa shape index (κ3) is 3.38. The molecule has 114 valence electrons. The van der Waals surface area contributed by atoms with E-state index >= 15 is 0 Å². The van der Waals surface area contributed by atoms with Crippen molar-refractivity contribution in [3.05, 3.63) is 29.8 Å². The van der Waals surface area contributed by atoms with E-state index in [4.69, 9.17) is 0 Å². The van der Waals surface area contributed by atoms with Crippen LogP contribution in [0, 0.1) is 0 Å². The summed E-state index contributed by atoms with van der Waals surface area (Å²) in [5, 5.41) is 6.43. The molecule has 4 heteroatoms. The summed E-state index contributed by atoms with van der Waals surface area (Å²) in [6.45, 7) is 6.07. The van der Waals surface area contributed by atoms with Gasteiger partial charge in [0.1, 0.15) is 0 Å². The summed E-state index contributed by atoms with van der Waals surface area (Å²) in [5.41, 5.74) is 1.83. The SMILES string of the molecule is CCNC(=O)c1ccc(NC2CC(C)N(C3CC3)C2)cc1. The highest BCUT2D eigenvalue weighted by Gasteiger charge is 2.38. The van der Waals surface area contributed by atoms with Crippen LogP contribution in [0.1, 0.15) is 43.5 Å². The van der Waals surface area contributed by atoms with E-state index in [2.05, 4.69) is 22.5 Å². The molecule has 1 saturated heterocycles. The third-order valence-electron chi connectivity index (χ3n) is 4.49. The van der Waals surface area contributed by atoms with Crippen LogP contribution in [0.2, 0.25) is 0 Å². The summed E-state index contributed by atoms with van der Waals surface area (Å²) < 4.78 is 0. The molecule has 1 aromatic carbocycles. The molecule has 2 N–H and O–H groups in total. The van der Waals surface area contributed by atoms with Gasteiger partial charge in [0, 0.05) is 42.5 Å². The van der Waals surface area contributed by atoms with Crippen molar-refractivity contribution in [1.82, 2.24) is 10.2 Å². The van der Waals surface area contributed by atoms with E-state index < -0.39 is 0 Å². The minimum absolute atomic E-state index is 0.00144. The lowest BCUT2D eigenvalue weighted by atomic mass is 10.1. The lowest BCUT2D eigenvalue weighted by molar-refractivity contribution is 0.0956. The van der Waals surface area contributed by atoms with Crippen LogP contribution in [0.15, 0.2) is 24.3 Å². The van der Waals surface area contributed by atoms with Crippen molar-refractivity contribution in [3.63, 3.8) is 0 Å². The highest BCUT2D eigenvalue weighted by Crippen LogP contribution is 2.34. The molecule has 2 fully saturated rings. The van der Waals surface area contributed by atoms with Crippen molar-refractivity contribution in [2.75, 3.05) is 18.4 Å². The number of hydrogen-bond acceptors (Lipinski definition) is 3. The number of amides is 1. The Labute approximate surface area is 126 Å². The van der Waals surface area contributed by atoms with Crippen molar-refractivity contribution in [2.45, 2.75) is 51.2 Å². The molecular formula is C17H25N3O. The van der Waals surface area contributed by atoms with E-state index in [1.54, 1.807) is 0 Å². The molecule has 2 unspecified atom stereocenters. The molecule has 1 aliphatic heterocycles. The molecule has 0 bridgehead atoms. The predicted molar refractivity (Wildman–Crippen MR) is 85.7 cm³/mol. The van der Waals surface area contributed by atoms with Gasteiger partial charge in [0.15, 0.2) is 0 Å². The Kier molecular flexibility index (Phi) is 4.15. The molecule has 1 aliphatic carbocycles. The molecule has 1 heterocycles. The Balaban J connectivity index is 1.57. The maximum atomic E-state index is 11.7. The molecular weight excluding hydrogens is 262 g/mol. The molecule has 0 spiro atoms. The molecule has 0 radical (unpaired) electrons. The zero-order valence-electron chi connectivity index (χ0n) is 12.9. The number of hydrogen-bond donors (Lipinski definition) is 2. The van der Waals surface area contributed by atoms with E-state index in [-0.39, 0.29) is 5.91 Å². The molecule has 2 aliphatic rings. The summed E-state index contributed by atoms with van der Waals surface area (Å²) in [6, 6.07) is 9.85. The predicted octanol–water partition coefficient (Wildman–Crippen LogP) is 2.47. The lowest BCUT2D eigenvalue weighted by Gasteiger charge is -2.20. The second-order valence-electron chi connectivity index (χ2n) is 6.29. The standard InChI is InChI=1S/C17H25N3O/c1-3-18-17(21)13-4-6-14(7-5-13)19-15-10-12(2)20(11-15)16-8-9-16/h4-7,12,15-16,19H,3,8-11H2,1-2H3,(H,18,21). The number of benzene rings is 1. The van der Waals surface area contributed by atoms with Crippen molar-refractivity contribution < 1.29 is 4.79 Å². The van der Waals surface area contributed by atoms with Crippen molar-refractivity contribution in [3.8, 4) is 0 Å². The van der Waals surface area contributed by atoms with Gasteiger partial charge >= 0.3 is 0 Å². The molecule has 3 rings (SSSR count). The lowest BCUT2D eigenvalue weighted by Crippen LogP contribution is -2.31. The van der Waals surface area contributed by atoms with Gasteiger partial charge in [-0.1, -0.05) is 0 Å². The number of anilines is 1. The summed E-state index contributed by atoms with van der Waals surface area (Å²) in [5.74, 6) is -0.00144. The normalized spacial score (nSPS) is 25.8. The van der Waals surface area contributed by atoms with Gasteiger partial charge in [0.05, 0.1) is 0 Å². The Morgan fingerprint density at radius 3 is 2.62 bits per heavy atom. The minimum atomic E-state index is -0.00144. The van der Waals surface area contributed by atoms with Crippen LogP contribution < -0.4 is 10.6 Å². The van der Waals surface area contributed by atoms with Gasteiger partial charge in [-0.3, -0.25) is 9.69 Å². The summed E-state index contributed by atoms with van der Waals surface area (Å²) in [4.78, 5) is 14.4. The molecule has 21 heavy (non-hydrogen) atoms. The Hall–Kier alpha value is -1.55. The maximum Gasteiger partial charge on any atom is 0.251 e. The third-order valence-corrected chi connectivity index (χ3v) is 4.49. The van der Waals surface area contributed by atoms with Crippen LogP contribution in [0.4, 0.5) is 5.69 Å². The fraction of sp³-hybridized carbons (Fsp3) is 0.588. The topological polar surface area (TPSA) is 44.4 Å². The van der Waals surface area contributed by atoms with Gasteiger partial charge in [-0.15, -0.1) is 0 Å². The summed E-state index contributed by atoms with van der Waals surface area (Å²) in [6.07, 6.45) is 3.95. The molecule has 2 atom stereocenters. The van der Waals surface area contributed by atoms with E-state index in [1.165, 1.54) is 19.3 Å². The molecule has 4 nitrogen and oxygen atoms in total. The molecule has 1 aromatic rings. The van der Waals surface area contributed by atoms with Crippen LogP contribution in [-0.4, -0.2) is 42.0 Å². The van der Waals surface area contributed by atoms with Crippen LogP contribution in [0.5, 0.6) is 0 Å². The van der Waals surface area contributed by atoms with Crippen molar-refractivity contribution in [1.29, 1.82) is 0 Å². The summed E-state index contributed by atoms with van der Waals surface area (Å²) in [7, 11) is 0. The fourth-order valence-corrected chi connectivity index (χ4v) is 3.29. The van der Waals surface area contributed by atoms with E-state index in [1.807, 2.05) is 31.2 Å². The number of likely N-dealkylation sites (tertiary alicyclic amines) is 1. The molecule has 0 aromatic heterocycles. The van der Waals surface area contributed by atoms with Gasteiger partial charge in [0.25, 0.3) is 5.91 Å². The molecule has 1 saturated carbocycles. The number of rotatable bonds is 5. The monoisotopic (exact) mass is 287 g/mol. The summed E-state index contributed by atoms with van der Waals surface area (Å²) >= 11 is 0. The van der Waals surface area contributed by atoms with Crippen LogP contribution >= 0.6 is 0 Å². The maximum absolute atomic E-state index is 11.7. The van der Waals surface area contributed by atoms with Gasteiger partial charge in [-0.2, -0.15) is 0 Å². The van der Waals surface area contributed by atoms with E-state index in [0.717, 1.165) is 23.8 Å². The quantitative estimate of drug-likeness (QED) is 0.874. The van der Waals surface area contributed by atoms with Crippen LogP contribution in [-0.2, 0) is 0 Å². The zero-order chi connectivity index (χ0) is 14.8.